The van der Waals surface area contributed by atoms with E-state index in [2.05, 4.69) is 10.4 Å². The predicted molar refractivity (Wildman–Crippen MR) is 105 cm³/mol. The Balaban J connectivity index is 0.00000196. The first-order chi connectivity index (χ1) is 12.2. The van der Waals surface area contributed by atoms with E-state index >= 15 is 0 Å². The first kappa shape index (κ1) is 18.9. The number of hydrogen-bond donors (Lipinski definition) is 1. The summed E-state index contributed by atoms with van der Waals surface area (Å²) in [4.78, 5) is 14.9. The van der Waals surface area contributed by atoms with E-state index in [4.69, 9.17) is 0 Å². The molecule has 0 spiro atoms. The molecule has 0 atom stereocenters. The number of amides is 1. The Bertz CT molecular complexity index is 734. The van der Waals surface area contributed by atoms with Crippen molar-refractivity contribution in [3.8, 4) is 5.69 Å². The Morgan fingerprint density at radius 2 is 1.85 bits per heavy atom. The van der Waals surface area contributed by atoms with Crippen molar-refractivity contribution in [1.82, 2.24) is 20.0 Å². The number of likely N-dealkylation sites (tertiary alicyclic amines) is 1. The summed E-state index contributed by atoms with van der Waals surface area (Å²) in [5, 5.41) is 8.19. The van der Waals surface area contributed by atoms with Gasteiger partial charge < -0.3 is 10.2 Å². The Kier molecular flexibility index (Phi) is 5.99. The molecule has 1 saturated carbocycles. The molecular formula is C20H27ClN4O. The van der Waals surface area contributed by atoms with E-state index in [1.807, 2.05) is 48.4 Å². The summed E-state index contributed by atoms with van der Waals surface area (Å²) >= 11 is 0. The van der Waals surface area contributed by atoms with Gasteiger partial charge in [0, 0.05) is 25.3 Å². The topological polar surface area (TPSA) is 50.2 Å². The lowest BCUT2D eigenvalue weighted by atomic mass is 10.0. The number of hydrogen-bond acceptors (Lipinski definition) is 3. The molecule has 5 nitrogen and oxygen atoms in total. The van der Waals surface area contributed by atoms with Gasteiger partial charge in [-0.3, -0.25) is 4.79 Å². The number of benzene rings is 1. The largest absolute Gasteiger partial charge is 0.338 e. The molecule has 1 amide bonds. The summed E-state index contributed by atoms with van der Waals surface area (Å²) < 4.78 is 1.80. The van der Waals surface area contributed by atoms with Crippen LogP contribution in [-0.2, 0) is 0 Å². The zero-order chi connectivity index (χ0) is 17.2. The first-order valence-electron chi connectivity index (χ1n) is 9.35. The molecule has 0 unspecified atom stereocenters. The SMILES string of the molecule is Cc1nn(-c2ccccc2)cc1C(=O)N1CCC(NCC2CC2)CC1.Cl. The van der Waals surface area contributed by atoms with Crippen LogP contribution in [0.3, 0.4) is 0 Å². The lowest BCUT2D eigenvalue weighted by Gasteiger charge is -2.32. The third-order valence-corrected chi connectivity index (χ3v) is 5.32. The standard InChI is InChI=1S/C20H26N4O.ClH/c1-15-19(14-24(22-15)18-5-3-2-4-6-18)20(25)23-11-9-17(10-12-23)21-13-16-7-8-16;/h2-6,14,16-17,21H,7-13H2,1H3;1H. The number of aromatic nitrogens is 2. The van der Waals surface area contributed by atoms with Crippen LogP contribution >= 0.6 is 12.4 Å². The van der Waals surface area contributed by atoms with Crippen molar-refractivity contribution in [2.45, 2.75) is 38.6 Å². The molecule has 6 heteroatoms. The fourth-order valence-electron chi connectivity index (χ4n) is 3.50. The lowest BCUT2D eigenvalue weighted by Crippen LogP contribution is -2.45. The normalized spacial score (nSPS) is 17.8. The highest BCUT2D eigenvalue weighted by molar-refractivity contribution is 5.95. The van der Waals surface area contributed by atoms with Gasteiger partial charge in [0.05, 0.1) is 16.9 Å². The second-order valence-electron chi connectivity index (χ2n) is 7.33. The number of para-hydroxylation sites is 1. The van der Waals surface area contributed by atoms with Gasteiger partial charge in [-0.25, -0.2) is 4.68 Å². The van der Waals surface area contributed by atoms with Gasteiger partial charge >= 0.3 is 0 Å². The number of rotatable bonds is 5. The van der Waals surface area contributed by atoms with E-state index in [0.717, 1.165) is 49.8 Å². The Labute approximate surface area is 161 Å². The van der Waals surface area contributed by atoms with Gasteiger partial charge in [0.25, 0.3) is 5.91 Å². The molecule has 1 N–H and O–H groups in total. The molecule has 0 radical (unpaired) electrons. The number of halogens is 1. The molecule has 1 aromatic heterocycles. The van der Waals surface area contributed by atoms with Gasteiger partial charge in [-0.1, -0.05) is 18.2 Å². The zero-order valence-electron chi connectivity index (χ0n) is 15.2. The van der Waals surface area contributed by atoms with E-state index in [9.17, 15) is 4.79 Å². The highest BCUT2D eigenvalue weighted by Crippen LogP contribution is 2.28. The average Bonchev–Trinajstić information content (AvgIpc) is 3.41. The van der Waals surface area contributed by atoms with Crippen molar-refractivity contribution in [3.63, 3.8) is 0 Å². The second-order valence-corrected chi connectivity index (χ2v) is 7.33. The monoisotopic (exact) mass is 374 g/mol. The van der Waals surface area contributed by atoms with Crippen LogP contribution < -0.4 is 5.32 Å². The van der Waals surface area contributed by atoms with Crippen LogP contribution in [0.1, 0.15) is 41.7 Å². The summed E-state index contributed by atoms with van der Waals surface area (Å²) in [6.45, 7) is 4.73. The van der Waals surface area contributed by atoms with Crippen molar-refractivity contribution in [2.75, 3.05) is 19.6 Å². The summed E-state index contributed by atoms with van der Waals surface area (Å²) in [5.41, 5.74) is 2.49. The highest BCUT2D eigenvalue weighted by Gasteiger charge is 2.27. The average molecular weight is 375 g/mol. The molecule has 1 saturated heterocycles. The van der Waals surface area contributed by atoms with Gasteiger partial charge in [0.1, 0.15) is 0 Å². The molecular weight excluding hydrogens is 348 g/mol. The fraction of sp³-hybridized carbons (Fsp3) is 0.500. The van der Waals surface area contributed by atoms with Crippen LogP contribution in [0.2, 0.25) is 0 Å². The number of nitrogens with zero attached hydrogens (tertiary/aromatic N) is 3. The molecule has 2 fully saturated rings. The molecule has 2 heterocycles. The van der Waals surface area contributed by atoms with Crippen molar-refractivity contribution in [3.05, 3.63) is 47.8 Å². The number of piperidine rings is 1. The third kappa shape index (κ3) is 4.27. The Morgan fingerprint density at radius 1 is 1.15 bits per heavy atom. The molecule has 1 aliphatic carbocycles. The van der Waals surface area contributed by atoms with Crippen LogP contribution in [0, 0.1) is 12.8 Å². The summed E-state index contributed by atoms with van der Waals surface area (Å²) in [6, 6.07) is 10.5. The maximum Gasteiger partial charge on any atom is 0.257 e. The number of carbonyl (C=O) groups is 1. The van der Waals surface area contributed by atoms with Crippen LogP contribution in [0.5, 0.6) is 0 Å². The van der Waals surface area contributed by atoms with Crippen LogP contribution in [0.25, 0.3) is 5.69 Å². The fourth-order valence-corrected chi connectivity index (χ4v) is 3.50. The molecule has 4 rings (SSSR count). The third-order valence-electron chi connectivity index (χ3n) is 5.32. The predicted octanol–water partition coefficient (Wildman–Crippen LogP) is 3.21. The van der Waals surface area contributed by atoms with Crippen molar-refractivity contribution in [1.29, 1.82) is 0 Å². The number of aryl methyl sites for hydroxylation is 1. The van der Waals surface area contributed by atoms with Gasteiger partial charge in [0.2, 0.25) is 0 Å². The van der Waals surface area contributed by atoms with E-state index in [-0.39, 0.29) is 18.3 Å². The Morgan fingerprint density at radius 3 is 2.50 bits per heavy atom. The molecule has 140 valence electrons. The van der Waals surface area contributed by atoms with Gasteiger partial charge in [-0.2, -0.15) is 5.10 Å². The van der Waals surface area contributed by atoms with E-state index in [0.29, 0.717) is 11.6 Å². The van der Waals surface area contributed by atoms with Crippen molar-refractivity contribution < 1.29 is 4.79 Å². The first-order valence-corrected chi connectivity index (χ1v) is 9.35. The minimum Gasteiger partial charge on any atom is -0.338 e. The molecule has 1 aliphatic heterocycles. The number of nitrogens with one attached hydrogen (secondary N) is 1. The molecule has 2 aromatic rings. The molecule has 26 heavy (non-hydrogen) atoms. The van der Waals surface area contributed by atoms with Crippen LogP contribution in [0.15, 0.2) is 36.5 Å². The summed E-state index contributed by atoms with van der Waals surface area (Å²) in [7, 11) is 0. The number of carbonyl (C=O) groups excluding carboxylic acids is 1. The molecule has 0 bridgehead atoms. The van der Waals surface area contributed by atoms with Crippen molar-refractivity contribution >= 4 is 18.3 Å². The van der Waals surface area contributed by atoms with Crippen LogP contribution in [0.4, 0.5) is 0 Å². The maximum absolute atomic E-state index is 12.9. The lowest BCUT2D eigenvalue weighted by molar-refractivity contribution is 0.0704. The van der Waals surface area contributed by atoms with E-state index in [1.54, 1.807) is 4.68 Å². The van der Waals surface area contributed by atoms with E-state index in [1.165, 1.54) is 12.8 Å². The minimum atomic E-state index is 0. The Hall–Kier alpha value is -1.85. The van der Waals surface area contributed by atoms with Crippen LogP contribution in [-0.4, -0.2) is 46.3 Å². The van der Waals surface area contributed by atoms with Gasteiger partial charge in [0.15, 0.2) is 0 Å². The van der Waals surface area contributed by atoms with E-state index < -0.39 is 0 Å². The smallest absolute Gasteiger partial charge is 0.257 e. The van der Waals surface area contributed by atoms with Gasteiger partial charge in [-0.15, -0.1) is 12.4 Å². The minimum absolute atomic E-state index is 0. The van der Waals surface area contributed by atoms with Crippen molar-refractivity contribution in [2.24, 2.45) is 5.92 Å². The zero-order valence-corrected chi connectivity index (χ0v) is 16.0. The van der Waals surface area contributed by atoms with Gasteiger partial charge in [-0.05, 0) is 57.2 Å². The second kappa shape index (κ2) is 8.23. The quantitative estimate of drug-likeness (QED) is 0.874. The molecule has 1 aromatic carbocycles. The highest BCUT2D eigenvalue weighted by atomic mass is 35.5. The maximum atomic E-state index is 12.9. The summed E-state index contributed by atoms with van der Waals surface area (Å²) in [6.07, 6.45) is 6.73. The molecule has 2 aliphatic rings. The summed E-state index contributed by atoms with van der Waals surface area (Å²) in [5.74, 6) is 1.02.